The van der Waals surface area contributed by atoms with E-state index in [0.717, 1.165) is 11.1 Å². The second-order valence-corrected chi connectivity index (χ2v) is 5.90. The van der Waals surface area contributed by atoms with Crippen LogP contribution in [0.3, 0.4) is 0 Å². The van der Waals surface area contributed by atoms with E-state index >= 15 is 0 Å². The Bertz CT molecular complexity index is 669. The van der Waals surface area contributed by atoms with Crippen LogP contribution in [0.2, 0.25) is 5.02 Å². The van der Waals surface area contributed by atoms with Crippen LogP contribution in [0.25, 0.3) is 0 Å². The number of hydrogen-bond donors (Lipinski definition) is 0. The molecule has 1 heterocycles. The Kier molecular flexibility index (Phi) is 4.96. The van der Waals surface area contributed by atoms with E-state index in [-0.39, 0.29) is 5.91 Å². The number of amides is 1. The van der Waals surface area contributed by atoms with E-state index in [1.54, 1.807) is 43.3 Å². The van der Waals surface area contributed by atoms with Crippen LogP contribution in [0.15, 0.2) is 33.4 Å². The van der Waals surface area contributed by atoms with E-state index in [0.29, 0.717) is 27.7 Å². The van der Waals surface area contributed by atoms with Crippen molar-refractivity contribution in [1.29, 1.82) is 0 Å². The van der Waals surface area contributed by atoms with E-state index in [9.17, 15) is 4.79 Å². The number of furan rings is 1. The quantitative estimate of drug-likeness (QED) is 0.804. The molecule has 1 aromatic carbocycles. The number of carbonyl (C=O) groups excluding carboxylic acids is 1. The number of aryl methyl sites for hydroxylation is 1. The van der Waals surface area contributed by atoms with Gasteiger partial charge in [0, 0.05) is 29.7 Å². The Morgan fingerprint density at radius 1 is 1.43 bits per heavy atom. The van der Waals surface area contributed by atoms with Gasteiger partial charge in [-0.15, -0.1) is 0 Å². The molecule has 0 saturated heterocycles. The summed E-state index contributed by atoms with van der Waals surface area (Å²) in [4.78, 5) is 14.0. The Morgan fingerprint density at radius 2 is 2.14 bits per heavy atom. The molecule has 0 aliphatic carbocycles. The van der Waals surface area contributed by atoms with E-state index in [1.165, 1.54) is 0 Å². The van der Waals surface area contributed by atoms with E-state index in [4.69, 9.17) is 20.8 Å². The number of methoxy groups -OCH3 is 1. The highest BCUT2D eigenvalue weighted by Gasteiger charge is 2.20. The molecule has 1 amide bonds. The third kappa shape index (κ3) is 3.60. The van der Waals surface area contributed by atoms with Crippen LogP contribution in [0.4, 0.5) is 0 Å². The average Bonchev–Trinajstić information content (AvgIpc) is 2.77. The van der Waals surface area contributed by atoms with Gasteiger partial charge in [-0.05, 0) is 47.1 Å². The smallest absolute Gasteiger partial charge is 0.289 e. The first-order chi connectivity index (χ1) is 9.92. The first kappa shape index (κ1) is 15.9. The maximum Gasteiger partial charge on any atom is 0.289 e. The van der Waals surface area contributed by atoms with Gasteiger partial charge in [0.2, 0.25) is 0 Å². The molecule has 2 aromatic rings. The minimum atomic E-state index is -0.194. The Hall–Kier alpha value is -1.46. The van der Waals surface area contributed by atoms with Gasteiger partial charge in [-0.3, -0.25) is 4.79 Å². The molecule has 0 bridgehead atoms. The molecule has 2 rings (SSSR count). The van der Waals surface area contributed by atoms with Crippen LogP contribution in [-0.4, -0.2) is 25.0 Å². The summed E-state index contributed by atoms with van der Waals surface area (Å²) in [5.74, 6) is 0.821. The van der Waals surface area contributed by atoms with Crippen LogP contribution in [0.1, 0.15) is 21.7 Å². The molecule has 6 heteroatoms. The van der Waals surface area contributed by atoms with Gasteiger partial charge in [-0.25, -0.2) is 0 Å². The molecule has 0 saturated carbocycles. The normalized spacial score (nSPS) is 10.5. The predicted molar refractivity (Wildman–Crippen MR) is 84.9 cm³/mol. The van der Waals surface area contributed by atoms with Gasteiger partial charge in [-0.2, -0.15) is 0 Å². The van der Waals surface area contributed by atoms with Gasteiger partial charge in [0.1, 0.15) is 5.75 Å². The van der Waals surface area contributed by atoms with Crippen molar-refractivity contribution in [3.8, 4) is 5.75 Å². The fourth-order valence-electron chi connectivity index (χ4n) is 2.03. The zero-order chi connectivity index (χ0) is 15.6. The molecule has 0 atom stereocenters. The molecule has 0 radical (unpaired) electrons. The lowest BCUT2D eigenvalue weighted by Gasteiger charge is -2.18. The van der Waals surface area contributed by atoms with Crippen LogP contribution in [0, 0.1) is 6.92 Å². The van der Waals surface area contributed by atoms with Gasteiger partial charge in [0.05, 0.1) is 7.11 Å². The van der Waals surface area contributed by atoms with Crippen molar-refractivity contribution in [3.05, 3.63) is 50.8 Å². The summed E-state index contributed by atoms with van der Waals surface area (Å²) in [7, 11) is 3.29. The Balaban J connectivity index is 2.21. The van der Waals surface area contributed by atoms with E-state index < -0.39 is 0 Å². The van der Waals surface area contributed by atoms with Crippen LogP contribution in [0.5, 0.6) is 5.75 Å². The first-order valence-electron chi connectivity index (χ1n) is 6.26. The van der Waals surface area contributed by atoms with Gasteiger partial charge in [-0.1, -0.05) is 11.6 Å². The van der Waals surface area contributed by atoms with Gasteiger partial charge in [0.25, 0.3) is 5.91 Å². The van der Waals surface area contributed by atoms with E-state index in [1.807, 2.05) is 6.92 Å². The fourth-order valence-corrected chi connectivity index (χ4v) is 2.73. The highest BCUT2D eigenvalue weighted by Crippen LogP contribution is 2.25. The van der Waals surface area contributed by atoms with Crippen molar-refractivity contribution in [2.24, 2.45) is 0 Å². The topological polar surface area (TPSA) is 42.7 Å². The maximum absolute atomic E-state index is 12.4. The van der Waals surface area contributed by atoms with Crippen molar-refractivity contribution in [2.45, 2.75) is 13.5 Å². The largest absolute Gasteiger partial charge is 0.496 e. The van der Waals surface area contributed by atoms with Gasteiger partial charge < -0.3 is 14.1 Å². The summed E-state index contributed by atoms with van der Waals surface area (Å²) in [6.07, 6.45) is 0. The zero-order valence-electron chi connectivity index (χ0n) is 11.9. The number of carbonyl (C=O) groups is 1. The molecule has 0 spiro atoms. The molecule has 112 valence electrons. The number of benzene rings is 1. The molecule has 21 heavy (non-hydrogen) atoms. The molecular weight excluding hydrogens is 358 g/mol. The predicted octanol–water partition coefficient (Wildman–Crippen LogP) is 4.28. The molecule has 4 nitrogen and oxygen atoms in total. The minimum Gasteiger partial charge on any atom is -0.496 e. The third-order valence-electron chi connectivity index (χ3n) is 3.08. The lowest BCUT2D eigenvalue weighted by molar-refractivity contribution is 0.0750. The standard InChI is InChI=1S/C15H15BrClNO3/c1-9-6-13(16)21-14(9)15(19)18(2)8-10-7-11(17)4-5-12(10)20-3/h4-7H,8H2,1-3H3. The van der Waals surface area contributed by atoms with Crippen molar-refractivity contribution >= 4 is 33.4 Å². The average molecular weight is 373 g/mol. The summed E-state index contributed by atoms with van der Waals surface area (Å²) in [5.41, 5.74) is 1.63. The van der Waals surface area contributed by atoms with Gasteiger partial charge in [0.15, 0.2) is 10.4 Å². The lowest BCUT2D eigenvalue weighted by Crippen LogP contribution is -2.26. The molecule has 0 unspecified atom stereocenters. The van der Waals surface area contributed by atoms with Crippen LogP contribution in [-0.2, 0) is 6.54 Å². The minimum absolute atomic E-state index is 0.194. The lowest BCUT2D eigenvalue weighted by atomic mass is 10.1. The summed E-state index contributed by atoms with van der Waals surface area (Å²) < 4.78 is 11.2. The van der Waals surface area contributed by atoms with Crippen molar-refractivity contribution in [3.63, 3.8) is 0 Å². The van der Waals surface area contributed by atoms with Crippen molar-refractivity contribution in [1.82, 2.24) is 4.90 Å². The molecular formula is C15H15BrClNO3. The van der Waals surface area contributed by atoms with E-state index in [2.05, 4.69) is 15.9 Å². The highest BCUT2D eigenvalue weighted by molar-refractivity contribution is 9.10. The second-order valence-electron chi connectivity index (χ2n) is 4.68. The van der Waals surface area contributed by atoms with Crippen LogP contribution < -0.4 is 4.74 Å². The molecule has 0 N–H and O–H groups in total. The Labute approximate surface area is 136 Å². The number of ether oxygens (including phenoxy) is 1. The third-order valence-corrected chi connectivity index (χ3v) is 3.70. The fraction of sp³-hybridized carbons (Fsp3) is 0.267. The van der Waals surface area contributed by atoms with Crippen molar-refractivity contribution in [2.75, 3.05) is 14.2 Å². The summed E-state index contributed by atoms with van der Waals surface area (Å²) in [6.45, 7) is 2.20. The van der Waals surface area contributed by atoms with Crippen LogP contribution >= 0.6 is 27.5 Å². The summed E-state index contributed by atoms with van der Waals surface area (Å²) in [6, 6.07) is 7.08. The monoisotopic (exact) mass is 371 g/mol. The summed E-state index contributed by atoms with van der Waals surface area (Å²) >= 11 is 9.22. The number of rotatable bonds is 4. The molecule has 0 aliphatic rings. The molecule has 0 aliphatic heterocycles. The first-order valence-corrected chi connectivity index (χ1v) is 7.43. The van der Waals surface area contributed by atoms with Gasteiger partial charge >= 0.3 is 0 Å². The number of nitrogens with zero attached hydrogens (tertiary/aromatic N) is 1. The number of hydrogen-bond acceptors (Lipinski definition) is 3. The SMILES string of the molecule is COc1ccc(Cl)cc1CN(C)C(=O)c1oc(Br)cc1C. The number of halogens is 2. The zero-order valence-corrected chi connectivity index (χ0v) is 14.3. The Morgan fingerprint density at radius 3 is 2.71 bits per heavy atom. The molecule has 0 fully saturated rings. The maximum atomic E-state index is 12.4. The highest BCUT2D eigenvalue weighted by atomic mass is 79.9. The van der Waals surface area contributed by atoms with Crippen molar-refractivity contribution < 1.29 is 13.9 Å². The second kappa shape index (κ2) is 6.54. The summed E-state index contributed by atoms with van der Waals surface area (Å²) in [5, 5.41) is 0.601. The molecule has 1 aromatic heterocycles.